The Morgan fingerprint density at radius 2 is 1.76 bits per heavy atom. The minimum atomic E-state index is 0.207. The molecule has 0 aliphatic carbocycles. The Kier molecular flexibility index (Phi) is 3.56. The highest BCUT2D eigenvalue weighted by Crippen LogP contribution is 2.36. The van der Waals surface area contributed by atoms with Gasteiger partial charge >= 0.3 is 0 Å². The van der Waals surface area contributed by atoms with E-state index in [2.05, 4.69) is 4.98 Å². The molecule has 0 saturated heterocycles. The second-order valence-electron chi connectivity index (χ2n) is 3.24. The number of H-pyrrole nitrogens is 1. The van der Waals surface area contributed by atoms with Crippen molar-refractivity contribution in [1.82, 2.24) is 4.98 Å². The number of aromatic amines is 1. The molecule has 0 unspecified atom stereocenters. The summed E-state index contributed by atoms with van der Waals surface area (Å²) in [4.78, 5) is 2.84. The highest BCUT2D eigenvalue weighted by Gasteiger charge is 2.16. The van der Waals surface area contributed by atoms with E-state index in [1.165, 1.54) is 0 Å². The maximum Gasteiger partial charge on any atom is 0.126 e. The molecule has 2 aromatic rings. The Hall–Kier alpha value is -0.850. The van der Waals surface area contributed by atoms with Crippen molar-refractivity contribution in [2.24, 2.45) is 0 Å². The summed E-state index contributed by atoms with van der Waals surface area (Å²) in [6, 6.07) is 6.97. The number of hydrogen-bond donors (Lipinski definition) is 1. The molecule has 6 heteroatoms. The van der Waals surface area contributed by atoms with Gasteiger partial charge < -0.3 is 4.98 Å². The van der Waals surface area contributed by atoms with Crippen molar-refractivity contribution in [2.45, 2.75) is 0 Å². The fourth-order valence-electron chi connectivity index (χ4n) is 1.40. The Bertz CT molecular complexity index is 625. The number of aromatic nitrogens is 1. The first-order chi connectivity index (χ1) is 8.04. The maximum atomic E-state index is 8.87. The first-order valence-electron chi connectivity index (χ1n) is 4.47. The van der Waals surface area contributed by atoms with Crippen molar-refractivity contribution < 1.29 is 0 Å². The lowest BCUT2D eigenvalue weighted by atomic mass is 10.1. The summed E-state index contributed by atoms with van der Waals surface area (Å²) in [6.45, 7) is 0. The molecule has 0 aliphatic rings. The molecule has 0 atom stereocenters. The number of rotatable bonds is 1. The zero-order valence-corrected chi connectivity index (χ0v) is 11.2. The average Bonchev–Trinajstić information content (AvgIpc) is 2.58. The summed E-state index contributed by atoms with van der Waals surface area (Å²) in [5.41, 5.74) is 1.48. The molecule has 2 nitrogen and oxygen atoms in total. The zero-order valence-electron chi connectivity index (χ0n) is 8.19. The van der Waals surface area contributed by atoms with Gasteiger partial charge in [0, 0.05) is 5.56 Å². The molecule has 86 valence electrons. The van der Waals surface area contributed by atoms with Gasteiger partial charge in [-0.05, 0) is 12.1 Å². The molecular formula is C11H4Cl4N2. The molecule has 0 saturated carbocycles. The maximum absolute atomic E-state index is 8.87. The lowest BCUT2D eigenvalue weighted by Gasteiger charge is -2.01. The van der Waals surface area contributed by atoms with Crippen LogP contribution in [0.5, 0.6) is 0 Å². The molecule has 0 fully saturated rings. The van der Waals surface area contributed by atoms with Crippen LogP contribution >= 0.6 is 46.4 Å². The van der Waals surface area contributed by atoms with Gasteiger partial charge in [-0.1, -0.05) is 52.5 Å². The van der Waals surface area contributed by atoms with E-state index < -0.39 is 0 Å². The van der Waals surface area contributed by atoms with E-state index in [4.69, 9.17) is 51.7 Å². The summed E-state index contributed by atoms with van der Waals surface area (Å²) >= 11 is 23.6. The van der Waals surface area contributed by atoms with Crippen LogP contribution in [0.4, 0.5) is 0 Å². The minimum absolute atomic E-state index is 0.207. The molecule has 0 bridgehead atoms. The molecule has 0 radical (unpaired) electrons. The van der Waals surface area contributed by atoms with Gasteiger partial charge in [-0.3, -0.25) is 0 Å². The van der Waals surface area contributed by atoms with Gasteiger partial charge in [0.1, 0.15) is 16.8 Å². The van der Waals surface area contributed by atoms with E-state index in [0.717, 1.165) is 0 Å². The van der Waals surface area contributed by atoms with Crippen LogP contribution in [0.3, 0.4) is 0 Å². The van der Waals surface area contributed by atoms with E-state index >= 15 is 0 Å². The van der Waals surface area contributed by atoms with E-state index in [1.807, 2.05) is 6.07 Å². The third-order valence-corrected chi connectivity index (χ3v) is 3.61. The number of nitriles is 1. The van der Waals surface area contributed by atoms with E-state index in [1.54, 1.807) is 18.2 Å². The monoisotopic (exact) mass is 304 g/mol. The molecule has 0 spiro atoms. The predicted molar refractivity (Wildman–Crippen MR) is 71.0 cm³/mol. The molecule has 1 heterocycles. The lowest BCUT2D eigenvalue weighted by Crippen LogP contribution is -1.79. The van der Waals surface area contributed by atoms with Crippen LogP contribution in [-0.4, -0.2) is 4.98 Å². The van der Waals surface area contributed by atoms with Crippen molar-refractivity contribution in [2.75, 3.05) is 0 Å². The summed E-state index contributed by atoms with van der Waals surface area (Å²) in [7, 11) is 0. The Morgan fingerprint density at radius 1 is 1.06 bits per heavy atom. The molecular weight excluding hydrogens is 302 g/mol. The van der Waals surface area contributed by atoms with Crippen LogP contribution < -0.4 is 0 Å². The summed E-state index contributed by atoms with van der Waals surface area (Å²) in [5.74, 6) is 0. The van der Waals surface area contributed by atoms with Gasteiger partial charge in [-0.25, -0.2) is 0 Å². The van der Waals surface area contributed by atoms with Gasteiger partial charge in [-0.15, -0.1) is 0 Å². The second-order valence-corrected chi connectivity index (χ2v) is 4.81. The van der Waals surface area contributed by atoms with Gasteiger partial charge in [0.25, 0.3) is 0 Å². The quantitative estimate of drug-likeness (QED) is 0.776. The third kappa shape index (κ3) is 2.25. The molecule has 1 aromatic carbocycles. The van der Waals surface area contributed by atoms with E-state index in [0.29, 0.717) is 21.3 Å². The summed E-state index contributed by atoms with van der Waals surface area (Å²) in [5, 5.41) is 10.2. The Labute approximate surface area is 118 Å². The number of nitrogens with one attached hydrogen (secondary N) is 1. The van der Waals surface area contributed by atoms with E-state index in [-0.39, 0.29) is 15.7 Å². The average molecular weight is 306 g/mol. The first kappa shape index (κ1) is 12.6. The van der Waals surface area contributed by atoms with Gasteiger partial charge in [-0.2, -0.15) is 5.26 Å². The normalized spacial score (nSPS) is 10.3. The van der Waals surface area contributed by atoms with Gasteiger partial charge in [0.05, 0.1) is 20.8 Å². The highest BCUT2D eigenvalue weighted by molar-refractivity contribution is 6.42. The van der Waals surface area contributed by atoms with Crippen molar-refractivity contribution in [3.63, 3.8) is 0 Å². The highest BCUT2D eigenvalue weighted by atomic mass is 35.5. The topological polar surface area (TPSA) is 39.6 Å². The second kappa shape index (κ2) is 4.80. The molecule has 0 aliphatic heterocycles. The SMILES string of the molecule is N#Cc1c(Cl)[nH]c(-c2ccc(Cl)c(Cl)c2)c1Cl. The molecule has 0 amide bonds. The molecule has 17 heavy (non-hydrogen) atoms. The fourth-order valence-corrected chi connectivity index (χ4v) is 2.27. The standard InChI is InChI=1S/C11H4Cl4N2/c12-7-2-1-5(3-8(7)13)10-9(14)6(4-16)11(15)17-10/h1-3,17H. The van der Waals surface area contributed by atoms with Crippen molar-refractivity contribution in [1.29, 1.82) is 5.26 Å². The third-order valence-electron chi connectivity index (χ3n) is 2.21. The van der Waals surface area contributed by atoms with Crippen molar-refractivity contribution in [3.05, 3.63) is 44.0 Å². The van der Waals surface area contributed by atoms with Crippen LogP contribution in [0, 0.1) is 11.3 Å². The Morgan fingerprint density at radius 3 is 2.29 bits per heavy atom. The first-order valence-corrected chi connectivity index (χ1v) is 5.98. The summed E-state index contributed by atoms with van der Waals surface area (Å²) in [6.07, 6.45) is 0. The number of benzene rings is 1. The van der Waals surface area contributed by atoms with Crippen LogP contribution in [-0.2, 0) is 0 Å². The van der Waals surface area contributed by atoms with E-state index in [9.17, 15) is 0 Å². The van der Waals surface area contributed by atoms with Gasteiger partial charge in [0.2, 0.25) is 0 Å². The van der Waals surface area contributed by atoms with Crippen LogP contribution in [0.15, 0.2) is 18.2 Å². The van der Waals surface area contributed by atoms with Crippen LogP contribution in [0.25, 0.3) is 11.3 Å². The zero-order chi connectivity index (χ0) is 12.6. The predicted octanol–water partition coefficient (Wildman–Crippen LogP) is 5.17. The largest absolute Gasteiger partial charge is 0.343 e. The minimum Gasteiger partial charge on any atom is -0.343 e. The van der Waals surface area contributed by atoms with Crippen LogP contribution in [0.1, 0.15) is 5.56 Å². The lowest BCUT2D eigenvalue weighted by molar-refractivity contribution is 1.39. The van der Waals surface area contributed by atoms with Crippen LogP contribution in [0.2, 0.25) is 20.2 Å². The molecule has 2 rings (SSSR count). The van der Waals surface area contributed by atoms with Crippen molar-refractivity contribution >= 4 is 46.4 Å². The number of hydrogen-bond acceptors (Lipinski definition) is 1. The Balaban J connectivity index is 2.62. The van der Waals surface area contributed by atoms with Crippen molar-refractivity contribution in [3.8, 4) is 17.3 Å². The molecule has 1 N–H and O–H groups in total. The molecule has 1 aromatic heterocycles. The summed E-state index contributed by atoms with van der Waals surface area (Å²) < 4.78 is 0. The fraction of sp³-hybridized carbons (Fsp3) is 0. The number of nitrogens with zero attached hydrogens (tertiary/aromatic N) is 1. The smallest absolute Gasteiger partial charge is 0.126 e. The van der Waals surface area contributed by atoms with Gasteiger partial charge in [0.15, 0.2) is 0 Å². The number of halogens is 4.